The zero-order chi connectivity index (χ0) is 17.6. The fraction of sp³-hybridized carbons (Fsp3) is 0.500. The minimum atomic E-state index is 0.207. The number of morpholine rings is 1. The number of halogens is 1. The summed E-state index contributed by atoms with van der Waals surface area (Å²) in [6.07, 6.45) is 0.442. The lowest BCUT2D eigenvalue weighted by Gasteiger charge is -2.34. The Labute approximate surface area is 151 Å². The van der Waals surface area contributed by atoms with Gasteiger partial charge < -0.3 is 18.6 Å². The summed E-state index contributed by atoms with van der Waals surface area (Å²) in [7, 11) is 0. The molecule has 134 valence electrons. The van der Waals surface area contributed by atoms with Crippen molar-refractivity contribution >= 4 is 11.6 Å². The molecule has 0 N–H and O–H groups in total. The highest BCUT2D eigenvalue weighted by molar-refractivity contribution is 6.33. The summed E-state index contributed by atoms with van der Waals surface area (Å²) in [5.74, 6) is 2.61. The highest BCUT2D eigenvalue weighted by atomic mass is 35.5. The van der Waals surface area contributed by atoms with Crippen molar-refractivity contribution in [2.45, 2.75) is 39.5 Å². The van der Waals surface area contributed by atoms with Crippen LogP contribution < -0.4 is 9.47 Å². The van der Waals surface area contributed by atoms with Gasteiger partial charge in [0.2, 0.25) is 12.7 Å². The van der Waals surface area contributed by atoms with E-state index in [9.17, 15) is 0 Å². The third-order valence-electron chi connectivity index (χ3n) is 4.45. The number of oxazole rings is 1. The van der Waals surface area contributed by atoms with Gasteiger partial charge in [-0.1, -0.05) is 11.6 Å². The Morgan fingerprint density at radius 1 is 1.16 bits per heavy atom. The first-order valence-corrected chi connectivity index (χ1v) is 8.81. The van der Waals surface area contributed by atoms with Crippen LogP contribution >= 0.6 is 11.6 Å². The van der Waals surface area contributed by atoms with E-state index in [4.69, 9.17) is 30.2 Å². The molecule has 4 rings (SSSR count). The number of aryl methyl sites for hydroxylation is 1. The first-order valence-electron chi connectivity index (χ1n) is 8.43. The maximum absolute atomic E-state index is 6.37. The monoisotopic (exact) mass is 364 g/mol. The molecule has 1 aromatic heterocycles. The van der Waals surface area contributed by atoms with Crippen molar-refractivity contribution < 1.29 is 18.6 Å². The molecule has 0 spiro atoms. The molecule has 25 heavy (non-hydrogen) atoms. The summed E-state index contributed by atoms with van der Waals surface area (Å²) in [6, 6.07) is 3.56. The molecule has 0 amide bonds. The van der Waals surface area contributed by atoms with Crippen molar-refractivity contribution in [1.82, 2.24) is 9.88 Å². The molecule has 2 aromatic rings. The lowest BCUT2D eigenvalue weighted by atomic mass is 10.2. The van der Waals surface area contributed by atoms with Crippen LogP contribution in [0, 0.1) is 6.92 Å². The molecule has 0 aliphatic carbocycles. The third kappa shape index (κ3) is 3.34. The quantitative estimate of drug-likeness (QED) is 0.828. The summed E-state index contributed by atoms with van der Waals surface area (Å²) in [6.45, 7) is 8.83. The first kappa shape index (κ1) is 16.7. The van der Waals surface area contributed by atoms with E-state index in [2.05, 4.69) is 23.7 Å². The Morgan fingerprint density at radius 2 is 1.84 bits per heavy atom. The largest absolute Gasteiger partial charge is 0.454 e. The van der Waals surface area contributed by atoms with E-state index in [0.29, 0.717) is 28.0 Å². The molecule has 0 unspecified atom stereocenters. The van der Waals surface area contributed by atoms with Gasteiger partial charge in [-0.2, -0.15) is 0 Å². The van der Waals surface area contributed by atoms with E-state index >= 15 is 0 Å². The zero-order valence-corrected chi connectivity index (χ0v) is 15.3. The molecule has 2 aliphatic rings. The zero-order valence-electron chi connectivity index (χ0n) is 14.5. The van der Waals surface area contributed by atoms with Crippen LogP contribution in [0.1, 0.15) is 25.3 Å². The van der Waals surface area contributed by atoms with Crippen molar-refractivity contribution in [3.8, 4) is 23.0 Å². The van der Waals surface area contributed by atoms with Crippen LogP contribution in [0.2, 0.25) is 5.02 Å². The van der Waals surface area contributed by atoms with Gasteiger partial charge in [-0.15, -0.1) is 0 Å². The van der Waals surface area contributed by atoms with Crippen molar-refractivity contribution in [1.29, 1.82) is 0 Å². The molecule has 1 aromatic carbocycles. The highest BCUT2D eigenvalue weighted by Gasteiger charge is 2.25. The van der Waals surface area contributed by atoms with Gasteiger partial charge in [-0.3, -0.25) is 4.90 Å². The molecule has 0 radical (unpaired) electrons. The second kappa shape index (κ2) is 6.52. The number of benzene rings is 1. The summed E-state index contributed by atoms with van der Waals surface area (Å²) < 4.78 is 22.4. The first-order chi connectivity index (χ1) is 12.0. The summed E-state index contributed by atoms with van der Waals surface area (Å²) in [4.78, 5) is 7.02. The lowest BCUT2D eigenvalue weighted by Crippen LogP contribution is -2.44. The number of hydrogen-bond donors (Lipinski definition) is 0. The summed E-state index contributed by atoms with van der Waals surface area (Å²) in [5, 5.41) is 0.533. The molecule has 1 saturated heterocycles. The molecule has 2 atom stereocenters. The molecule has 6 nitrogen and oxygen atoms in total. The minimum absolute atomic E-state index is 0.207. The van der Waals surface area contributed by atoms with Gasteiger partial charge in [0.05, 0.1) is 28.5 Å². The van der Waals surface area contributed by atoms with Gasteiger partial charge in [-0.05, 0) is 26.8 Å². The Morgan fingerprint density at radius 3 is 2.56 bits per heavy atom. The van der Waals surface area contributed by atoms with E-state index in [1.165, 1.54) is 0 Å². The summed E-state index contributed by atoms with van der Waals surface area (Å²) in [5.41, 5.74) is 1.63. The van der Waals surface area contributed by atoms with Crippen molar-refractivity contribution in [3.05, 3.63) is 28.6 Å². The maximum Gasteiger partial charge on any atom is 0.231 e. The van der Waals surface area contributed by atoms with Crippen LogP contribution in [0.15, 0.2) is 16.5 Å². The second-order valence-electron chi connectivity index (χ2n) is 6.66. The SMILES string of the molecule is Cc1oc(-c2cc3c(cc2Cl)OCO3)nc1CN1C[C@@H](C)O[C@@H](C)C1. The third-order valence-corrected chi connectivity index (χ3v) is 4.77. The average Bonchev–Trinajstić information content (AvgIpc) is 3.12. The number of fused-ring (bicyclic) bond motifs is 1. The van der Waals surface area contributed by atoms with E-state index in [1.54, 1.807) is 6.07 Å². The Balaban J connectivity index is 1.58. The number of aromatic nitrogens is 1. The molecule has 2 aliphatic heterocycles. The molecule has 7 heteroatoms. The van der Waals surface area contributed by atoms with Crippen LogP contribution in [0.3, 0.4) is 0 Å². The van der Waals surface area contributed by atoms with Crippen molar-refractivity contribution in [2.75, 3.05) is 19.9 Å². The van der Waals surface area contributed by atoms with Crippen LogP contribution in [0.25, 0.3) is 11.5 Å². The van der Waals surface area contributed by atoms with Gasteiger partial charge >= 0.3 is 0 Å². The minimum Gasteiger partial charge on any atom is -0.454 e. The molecule has 0 saturated carbocycles. The second-order valence-corrected chi connectivity index (χ2v) is 7.07. The van der Waals surface area contributed by atoms with Crippen molar-refractivity contribution in [2.24, 2.45) is 0 Å². The topological polar surface area (TPSA) is 57.0 Å². The van der Waals surface area contributed by atoms with E-state index in [1.807, 2.05) is 13.0 Å². The van der Waals surface area contributed by atoms with Gasteiger partial charge in [-0.25, -0.2) is 4.98 Å². The smallest absolute Gasteiger partial charge is 0.231 e. The van der Waals surface area contributed by atoms with Crippen molar-refractivity contribution in [3.63, 3.8) is 0 Å². The fourth-order valence-electron chi connectivity index (χ4n) is 3.40. The molecular formula is C18H21ClN2O4. The van der Waals surface area contributed by atoms with Crippen LogP contribution in [0.4, 0.5) is 0 Å². The number of hydrogen-bond acceptors (Lipinski definition) is 6. The number of nitrogens with zero attached hydrogens (tertiary/aromatic N) is 2. The number of rotatable bonds is 3. The fourth-order valence-corrected chi connectivity index (χ4v) is 3.63. The van der Waals surface area contributed by atoms with Gasteiger partial charge in [0.15, 0.2) is 11.5 Å². The molecule has 3 heterocycles. The Kier molecular flexibility index (Phi) is 4.35. The van der Waals surface area contributed by atoms with E-state index in [0.717, 1.165) is 31.1 Å². The maximum atomic E-state index is 6.37. The van der Waals surface area contributed by atoms with Crippen LogP contribution in [-0.4, -0.2) is 42.0 Å². The Bertz CT molecular complexity index is 782. The van der Waals surface area contributed by atoms with Gasteiger partial charge in [0.1, 0.15) is 5.76 Å². The van der Waals surface area contributed by atoms with Crippen LogP contribution in [0.5, 0.6) is 11.5 Å². The average molecular weight is 365 g/mol. The highest BCUT2D eigenvalue weighted by Crippen LogP contribution is 2.41. The standard InChI is InChI=1S/C18H21ClN2O4/c1-10-6-21(7-11(2)24-10)8-15-12(3)25-18(20-15)13-4-16-17(5-14(13)19)23-9-22-16/h4-5,10-11H,6-9H2,1-3H3/t10-,11+. The Hall–Kier alpha value is -1.76. The molecule has 1 fully saturated rings. The van der Waals surface area contributed by atoms with Gasteiger partial charge in [0, 0.05) is 25.7 Å². The van der Waals surface area contributed by atoms with E-state index in [-0.39, 0.29) is 19.0 Å². The van der Waals surface area contributed by atoms with Gasteiger partial charge in [0.25, 0.3) is 0 Å². The predicted octanol–water partition coefficient (Wildman–Crippen LogP) is 3.64. The van der Waals surface area contributed by atoms with E-state index < -0.39 is 0 Å². The lowest BCUT2D eigenvalue weighted by molar-refractivity contribution is -0.0708. The normalized spacial score (nSPS) is 23.2. The molecular weight excluding hydrogens is 344 g/mol. The summed E-state index contributed by atoms with van der Waals surface area (Å²) >= 11 is 6.37. The predicted molar refractivity (Wildman–Crippen MR) is 93.1 cm³/mol. The van der Waals surface area contributed by atoms with Crippen LogP contribution in [-0.2, 0) is 11.3 Å². The number of ether oxygens (including phenoxy) is 3. The molecule has 0 bridgehead atoms.